The number of aromatic nitrogens is 2. The van der Waals surface area contributed by atoms with Crippen molar-refractivity contribution < 1.29 is 9.53 Å². The highest BCUT2D eigenvalue weighted by atomic mass is 127. The van der Waals surface area contributed by atoms with E-state index in [0.717, 1.165) is 9.39 Å². The Kier molecular flexibility index (Phi) is 4.11. The number of amides is 1. The van der Waals surface area contributed by atoms with Crippen LogP contribution in [0.15, 0.2) is 12.5 Å². The number of nitrogens with zero attached hydrogens (tertiary/aromatic N) is 3. The molecule has 0 spiro atoms. The van der Waals surface area contributed by atoms with Gasteiger partial charge in [-0.1, -0.05) is 0 Å². The van der Waals surface area contributed by atoms with Crippen LogP contribution in [0.3, 0.4) is 0 Å². The van der Waals surface area contributed by atoms with Crippen molar-refractivity contribution in [3.05, 3.63) is 16.1 Å². The van der Waals surface area contributed by atoms with Crippen LogP contribution in [0.4, 0.5) is 5.82 Å². The summed E-state index contributed by atoms with van der Waals surface area (Å²) in [4.78, 5) is 21.9. The first kappa shape index (κ1) is 12.5. The molecule has 17 heavy (non-hydrogen) atoms. The maximum Gasteiger partial charge on any atom is 0.244 e. The van der Waals surface area contributed by atoms with Crippen LogP contribution in [0.2, 0.25) is 0 Å². The summed E-state index contributed by atoms with van der Waals surface area (Å²) in [5.41, 5.74) is 0. The van der Waals surface area contributed by atoms with Crippen molar-refractivity contribution in [3.8, 4) is 0 Å². The Morgan fingerprint density at radius 3 is 3.24 bits per heavy atom. The van der Waals surface area contributed by atoms with Gasteiger partial charge in [0.2, 0.25) is 5.91 Å². The first-order valence-electron chi connectivity index (χ1n) is 5.25. The molecule has 1 N–H and O–H groups in total. The highest BCUT2D eigenvalue weighted by Crippen LogP contribution is 2.22. The molecule has 0 aliphatic carbocycles. The zero-order valence-electron chi connectivity index (χ0n) is 9.39. The molecule has 0 radical (unpaired) electrons. The Balaban J connectivity index is 2.28. The molecule has 1 aromatic rings. The van der Waals surface area contributed by atoms with Gasteiger partial charge < -0.3 is 15.0 Å². The number of hydrogen-bond acceptors (Lipinski definition) is 5. The van der Waals surface area contributed by atoms with E-state index in [1.54, 1.807) is 13.2 Å². The molecular formula is C10H13IN4O2. The second-order valence-corrected chi connectivity index (χ2v) is 4.75. The minimum Gasteiger partial charge on any atom is -0.377 e. The minimum atomic E-state index is -0.322. The average molecular weight is 348 g/mol. The fourth-order valence-corrected chi connectivity index (χ4v) is 2.37. The molecule has 1 unspecified atom stereocenters. The van der Waals surface area contributed by atoms with E-state index in [-0.39, 0.29) is 11.9 Å². The van der Waals surface area contributed by atoms with Crippen LogP contribution in [0.25, 0.3) is 0 Å². The van der Waals surface area contributed by atoms with Crippen LogP contribution in [-0.4, -0.2) is 48.7 Å². The zero-order chi connectivity index (χ0) is 12.3. The van der Waals surface area contributed by atoms with E-state index in [4.69, 9.17) is 4.74 Å². The molecule has 1 aromatic heterocycles. The molecule has 2 rings (SSSR count). The minimum absolute atomic E-state index is 0.0564. The Morgan fingerprint density at radius 2 is 2.53 bits per heavy atom. The summed E-state index contributed by atoms with van der Waals surface area (Å²) in [5, 5.41) is 2.65. The van der Waals surface area contributed by atoms with Crippen LogP contribution >= 0.6 is 22.6 Å². The van der Waals surface area contributed by atoms with E-state index < -0.39 is 0 Å². The van der Waals surface area contributed by atoms with Crippen molar-refractivity contribution in [2.75, 3.05) is 31.7 Å². The second kappa shape index (κ2) is 5.58. The first-order valence-corrected chi connectivity index (χ1v) is 6.33. The highest BCUT2D eigenvalue weighted by molar-refractivity contribution is 14.1. The molecular weight excluding hydrogens is 335 g/mol. The number of anilines is 1. The first-order chi connectivity index (χ1) is 8.24. The Bertz CT molecular complexity index is 415. The van der Waals surface area contributed by atoms with Gasteiger partial charge in [-0.15, -0.1) is 0 Å². The van der Waals surface area contributed by atoms with Gasteiger partial charge in [-0.3, -0.25) is 4.79 Å². The van der Waals surface area contributed by atoms with E-state index >= 15 is 0 Å². The third-order valence-corrected chi connectivity index (χ3v) is 3.36. The monoisotopic (exact) mass is 348 g/mol. The topological polar surface area (TPSA) is 67.3 Å². The number of halogens is 1. The van der Waals surface area contributed by atoms with Crippen molar-refractivity contribution in [2.24, 2.45) is 0 Å². The van der Waals surface area contributed by atoms with Crippen molar-refractivity contribution in [1.29, 1.82) is 0 Å². The molecule has 2 heterocycles. The summed E-state index contributed by atoms with van der Waals surface area (Å²) in [5.74, 6) is 0.733. The van der Waals surface area contributed by atoms with E-state index in [1.165, 1.54) is 6.33 Å². The molecule has 0 bridgehead atoms. The molecule has 1 atom stereocenters. The van der Waals surface area contributed by atoms with Gasteiger partial charge in [0.1, 0.15) is 18.2 Å². The van der Waals surface area contributed by atoms with Gasteiger partial charge in [0.25, 0.3) is 0 Å². The summed E-state index contributed by atoms with van der Waals surface area (Å²) in [6, 6.07) is -0.322. The third kappa shape index (κ3) is 2.65. The molecule has 1 saturated heterocycles. The van der Waals surface area contributed by atoms with E-state index in [2.05, 4.69) is 37.9 Å². The predicted octanol–water partition coefficient (Wildman–Crippen LogP) is 0.0324. The highest BCUT2D eigenvalue weighted by Gasteiger charge is 2.30. The lowest BCUT2D eigenvalue weighted by atomic mass is 10.2. The Labute approximate surface area is 113 Å². The van der Waals surface area contributed by atoms with Gasteiger partial charge >= 0.3 is 0 Å². The van der Waals surface area contributed by atoms with Crippen molar-refractivity contribution >= 4 is 34.3 Å². The maximum absolute atomic E-state index is 11.8. The lowest BCUT2D eigenvalue weighted by molar-refractivity contribution is -0.124. The molecule has 1 aliphatic heterocycles. The quantitative estimate of drug-likeness (QED) is 0.764. The van der Waals surface area contributed by atoms with E-state index in [1.807, 2.05) is 4.90 Å². The lowest BCUT2D eigenvalue weighted by Gasteiger charge is -2.35. The molecule has 6 nitrogen and oxygen atoms in total. The number of rotatable bonds is 2. The lowest BCUT2D eigenvalue weighted by Crippen LogP contribution is -2.54. The summed E-state index contributed by atoms with van der Waals surface area (Å²) < 4.78 is 6.28. The van der Waals surface area contributed by atoms with Crippen molar-refractivity contribution in [1.82, 2.24) is 15.3 Å². The van der Waals surface area contributed by atoms with Gasteiger partial charge in [-0.25, -0.2) is 9.97 Å². The van der Waals surface area contributed by atoms with Gasteiger partial charge in [0, 0.05) is 19.8 Å². The number of likely N-dealkylation sites (N-methyl/N-ethyl adjacent to an activating group) is 1. The molecule has 1 aliphatic rings. The Hall–Kier alpha value is -0.960. The summed E-state index contributed by atoms with van der Waals surface area (Å²) in [6.45, 7) is 1.65. The molecule has 0 aromatic carbocycles. The van der Waals surface area contributed by atoms with E-state index in [9.17, 15) is 4.79 Å². The summed E-state index contributed by atoms with van der Waals surface area (Å²) in [7, 11) is 1.63. The van der Waals surface area contributed by atoms with Crippen molar-refractivity contribution in [2.45, 2.75) is 6.04 Å². The number of hydrogen-bond donors (Lipinski definition) is 1. The van der Waals surface area contributed by atoms with Gasteiger partial charge in [0.15, 0.2) is 0 Å². The molecule has 1 amide bonds. The van der Waals surface area contributed by atoms with Crippen LogP contribution in [-0.2, 0) is 9.53 Å². The standard InChI is InChI=1S/C10H13IN4O2/c1-12-10(16)8-5-17-3-2-15(8)9-7(11)4-13-6-14-9/h4,6,8H,2-3,5H2,1H3,(H,12,16). The Morgan fingerprint density at radius 1 is 1.71 bits per heavy atom. The number of carbonyl (C=O) groups excluding carboxylic acids is 1. The smallest absolute Gasteiger partial charge is 0.244 e. The van der Waals surface area contributed by atoms with Gasteiger partial charge in [-0.2, -0.15) is 0 Å². The van der Waals surface area contributed by atoms with Crippen molar-refractivity contribution in [3.63, 3.8) is 0 Å². The average Bonchev–Trinajstić information content (AvgIpc) is 2.38. The fourth-order valence-electron chi connectivity index (χ4n) is 1.76. The van der Waals surface area contributed by atoms with Gasteiger partial charge in [-0.05, 0) is 22.6 Å². The fraction of sp³-hybridized carbons (Fsp3) is 0.500. The van der Waals surface area contributed by atoms with Crippen LogP contribution in [0, 0.1) is 3.57 Å². The van der Waals surface area contributed by atoms with Crippen LogP contribution in [0.1, 0.15) is 0 Å². The second-order valence-electron chi connectivity index (χ2n) is 3.59. The molecule has 0 saturated carbocycles. The zero-order valence-corrected chi connectivity index (χ0v) is 11.5. The molecule has 7 heteroatoms. The largest absolute Gasteiger partial charge is 0.377 e. The van der Waals surface area contributed by atoms with Gasteiger partial charge in [0.05, 0.1) is 16.8 Å². The predicted molar refractivity (Wildman–Crippen MR) is 70.8 cm³/mol. The number of ether oxygens (including phenoxy) is 1. The SMILES string of the molecule is CNC(=O)C1COCCN1c1ncncc1I. The van der Waals surface area contributed by atoms with Crippen LogP contribution < -0.4 is 10.2 Å². The third-order valence-electron chi connectivity index (χ3n) is 2.60. The molecule has 92 valence electrons. The number of nitrogens with one attached hydrogen (secondary N) is 1. The molecule has 1 fully saturated rings. The number of morpholine rings is 1. The number of carbonyl (C=O) groups is 1. The maximum atomic E-state index is 11.8. The summed E-state index contributed by atoms with van der Waals surface area (Å²) >= 11 is 2.17. The summed E-state index contributed by atoms with van der Waals surface area (Å²) in [6.07, 6.45) is 3.23. The normalized spacial score (nSPS) is 20.1. The van der Waals surface area contributed by atoms with E-state index in [0.29, 0.717) is 19.8 Å². The van der Waals surface area contributed by atoms with Crippen LogP contribution in [0.5, 0.6) is 0 Å².